The molecule has 0 aliphatic rings. The second-order valence-corrected chi connectivity index (χ2v) is 6.92. The number of nitrogens with zero attached hydrogens (tertiary/aromatic N) is 2. The second-order valence-electron chi connectivity index (χ2n) is 4.60. The number of halogens is 5. The molecule has 2 N–H and O–H groups in total. The average molecular weight is 418 g/mol. The summed E-state index contributed by atoms with van der Waals surface area (Å²) >= 11 is 11.8. The van der Waals surface area contributed by atoms with Crippen LogP contribution in [0.25, 0.3) is 5.69 Å². The van der Waals surface area contributed by atoms with Crippen LogP contribution in [-0.2, 0) is 10.1 Å². The Kier molecular flexibility index (Phi) is 4.94. The highest BCUT2D eigenvalue weighted by Crippen LogP contribution is 2.30. The molecule has 0 saturated carbocycles. The molecule has 0 aliphatic carbocycles. The topological polar surface area (TPSA) is 104 Å². The Morgan fingerprint density at radius 1 is 1.28 bits per heavy atom. The molecule has 136 valence electrons. The number of benzene rings is 1. The smallest absolute Gasteiger partial charge is 0.369 e. The standard InChI is InChI=1S/C12H8Cl2F3N3O4S/c1-5-9(24-25(22,23)12(15,16)17)19-11(18)20(10(5)21)7-4-2-3-6(13)8(7)14/h2-4H,1H3,(H2,18,19). The van der Waals surface area contributed by atoms with Gasteiger partial charge >= 0.3 is 15.6 Å². The predicted molar refractivity (Wildman–Crippen MR) is 84.6 cm³/mol. The first-order chi connectivity index (χ1) is 11.4. The summed E-state index contributed by atoms with van der Waals surface area (Å²) in [4.78, 5) is 15.8. The molecule has 0 bridgehead atoms. The number of aromatic nitrogens is 2. The zero-order chi connectivity index (χ0) is 19.2. The van der Waals surface area contributed by atoms with E-state index in [9.17, 15) is 26.4 Å². The summed E-state index contributed by atoms with van der Waals surface area (Å²) in [5.41, 5.74) is -1.63. The van der Waals surface area contributed by atoms with E-state index in [-0.39, 0.29) is 15.7 Å². The lowest BCUT2D eigenvalue weighted by Gasteiger charge is -2.15. The van der Waals surface area contributed by atoms with E-state index in [1.807, 2.05) is 0 Å². The van der Waals surface area contributed by atoms with Gasteiger partial charge in [-0.15, -0.1) is 0 Å². The molecule has 1 aromatic heterocycles. The number of hydrogen-bond donors (Lipinski definition) is 1. The molecule has 7 nitrogen and oxygen atoms in total. The minimum atomic E-state index is -6.01. The fourth-order valence-electron chi connectivity index (χ4n) is 1.73. The summed E-state index contributed by atoms with van der Waals surface area (Å²) in [5.74, 6) is -1.73. The third-order valence-corrected chi connectivity index (χ3v) is 4.69. The minimum absolute atomic E-state index is 0.0116. The Labute approximate surface area is 148 Å². The molecule has 0 fully saturated rings. The van der Waals surface area contributed by atoms with E-state index in [1.165, 1.54) is 18.2 Å². The number of alkyl halides is 3. The van der Waals surface area contributed by atoms with E-state index in [0.29, 0.717) is 0 Å². The lowest BCUT2D eigenvalue weighted by atomic mass is 10.3. The largest absolute Gasteiger partial charge is 0.534 e. The van der Waals surface area contributed by atoms with Crippen molar-refractivity contribution in [3.8, 4) is 11.6 Å². The third kappa shape index (κ3) is 3.53. The molecule has 0 aliphatic heterocycles. The zero-order valence-electron chi connectivity index (χ0n) is 12.1. The van der Waals surface area contributed by atoms with Crippen molar-refractivity contribution in [2.45, 2.75) is 12.4 Å². The van der Waals surface area contributed by atoms with E-state index < -0.39 is 38.6 Å². The van der Waals surface area contributed by atoms with Crippen LogP contribution in [0.5, 0.6) is 5.88 Å². The molecule has 0 spiro atoms. The Morgan fingerprint density at radius 2 is 1.88 bits per heavy atom. The van der Waals surface area contributed by atoms with Gasteiger partial charge in [-0.05, 0) is 19.1 Å². The van der Waals surface area contributed by atoms with Crippen molar-refractivity contribution in [2.75, 3.05) is 5.73 Å². The van der Waals surface area contributed by atoms with Crippen molar-refractivity contribution in [2.24, 2.45) is 0 Å². The predicted octanol–water partition coefficient (Wildman–Crippen LogP) is 2.66. The van der Waals surface area contributed by atoms with E-state index >= 15 is 0 Å². The molecule has 2 rings (SSSR count). The Hall–Kier alpha value is -1.98. The SMILES string of the molecule is Cc1c(OS(=O)(=O)C(F)(F)F)nc(N)n(-c2cccc(Cl)c2Cl)c1=O. The van der Waals surface area contributed by atoms with Gasteiger partial charge in [0.15, 0.2) is 0 Å². The number of anilines is 1. The second kappa shape index (κ2) is 6.39. The van der Waals surface area contributed by atoms with E-state index in [1.54, 1.807) is 0 Å². The van der Waals surface area contributed by atoms with Gasteiger partial charge in [0.2, 0.25) is 11.8 Å². The van der Waals surface area contributed by atoms with Gasteiger partial charge in [0.25, 0.3) is 5.56 Å². The Bertz CT molecular complexity index is 1010. The molecular weight excluding hydrogens is 410 g/mol. The summed E-state index contributed by atoms with van der Waals surface area (Å²) in [5, 5.41) is 0.0267. The van der Waals surface area contributed by atoms with Gasteiger partial charge in [-0.3, -0.25) is 4.79 Å². The van der Waals surface area contributed by atoms with Crippen LogP contribution in [0.3, 0.4) is 0 Å². The lowest BCUT2D eigenvalue weighted by Crippen LogP contribution is -2.31. The zero-order valence-corrected chi connectivity index (χ0v) is 14.5. The van der Waals surface area contributed by atoms with E-state index in [0.717, 1.165) is 11.5 Å². The monoisotopic (exact) mass is 417 g/mol. The first-order valence-electron chi connectivity index (χ1n) is 6.21. The van der Waals surface area contributed by atoms with Crippen LogP contribution >= 0.6 is 23.2 Å². The normalized spacial score (nSPS) is 12.2. The first-order valence-corrected chi connectivity index (χ1v) is 8.37. The van der Waals surface area contributed by atoms with Gasteiger partial charge in [0.1, 0.15) is 0 Å². The fraction of sp³-hybridized carbons (Fsp3) is 0.167. The third-order valence-electron chi connectivity index (χ3n) is 2.93. The Balaban J connectivity index is 2.66. The van der Waals surface area contributed by atoms with Crippen LogP contribution in [0.4, 0.5) is 19.1 Å². The summed E-state index contributed by atoms with van der Waals surface area (Å²) in [7, 11) is -6.01. The van der Waals surface area contributed by atoms with Crippen LogP contribution in [0.2, 0.25) is 10.0 Å². The van der Waals surface area contributed by atoms with Crippen LogP contribution in [0.1, 0.15) is 5.56 Å². The summed E-state index contributed by atoms with van der Waals surface area (Å²) < 4.78 is 64.0. The minimum Gasteiger partial charge on any atom is -0.369 e. The van der Waals surface area contributed by atoms with Crippen molar-refractivity contribution in [1.29, 1.82) is 0 Å². The van der Waals surface area contributed by atoms with E-state index in [4.69, 9.17) is 28.9 Å². The maximum Gasteiger partial charge on any atom is 0.534 e. The quantitative estimate of drug-likeness (QED) is 0.607. The molecule has 0 atom stereocenters. The molecular formula is C12H8Cl2F3N3O4S. The molecule has 1 heterocycles. The molecule has 13 heteroatoms. The summed E-state index contributed by atoms with van der Waals surface area (Å²) in [6.07, 6.45) is 0. The Morgan fingerprint density at radius 3 is 2.44 bits per heavy atom. The molecule has 0 amide bonds. The van der Waals surface area contributed by atoms with Crippen LogP contribution in [0.15, 0.2) is 23.0 Å². The van der Waals surface area contributed by atoms with Gasteiger partial charge in [-0.2, -0.15) is 26.6 Å². The number of nitrogens with two attached hydrogens (primary N) is 1. The summed E-state index contributed by atoms with van der Waals surface area (Å²) in [6.45, 7) is 1.02. The average Bonchev–Trinajstić information content (AvgIpc) is 2.47. The molecule has 0 unspecified atom stereocenters. The number of nitrogen functional groups attached to an aromatic ring is 1. The number of rotatable bonds is 3. The van der Waals surface area contributed by atoms with Gasteiger partial charge in [-0.25, -0.2) is 4.57 Å². The molecule has 0 saturated heterocycles. The van der Waals surface area contributed by atoms with Gasteiger partial charge in [-0.1, -0.05) is 29.3 Å². The summed E-state index contributed by atoms with van der Waals surface area (Å²) in [6, 6.07) is 4.24. The van der Waals surface area contributed by atoms with Crippen molar-refractivity contribution in [3.63, 3.8) is 0 Å². The van der Waals surface area contributed by atoms with Crippen molar-refractivity contribution < 1.29 is 25.8 Å². The number of hydrogen-bond acceptors (Lipinski definition) is 6. The van der Waals surface area contributed by atoms with E-state index in [2.05, 4.69) is 9.17 Å². The highest BCUT2D eigenvalue weighted by atomic mass is 35.5. The molecule has 1 aromatic carbocycles. The maximum absolute atomic E-state index is 12.4. The highest BCUT2D eigenvalue weighted by Gasteiger charge is 2.49. The molecule has 0 radical (unpaired) electrons. The van der Waals surface area contributed by atoms with Crippen LogP contribution in [0, 0.1) is 6.92 Å². The lowest BCUT2D eigenvalue weighted by molar-refractivity contribution is -0.0501. The van der Waals surface area contributed by atoms with Gasteiger partial charge in [0.05, 0.1) is 21.3 Å². The van der Waals surface area contributed by atoms with Crippen molar-refractivity contribution >= 4 is 39.3 Å². The highest BCUT2D eigenvalue weighted by molar-refractivity contribution is 7.87. The molecule has 25 heavy (non-hydrogen) atoms. The van der Waals surface area contributed by atoms with Crippen molar-refractivity contribution in [1.82, 2.24) is 9.55 Å². The van der Waals surface area contributed by atoms with Crippen molar-refractivity contribution in [3.05, 3.63) is 44.2 Å². The fourth-order valence-corrected chi connectivity index (χ4v) is 2.58. The maximum atomic E-state index is 12.4. The van der Waals surface area contributed by atoms with Crippen LogP contribution < -0.4 is 15.5 Å². The molecule has 2 aromatic rings. The van der Waals surface area contributed by atoms with Gasteiger partial charge in [0, 0.05) is 0 Å². The van der Waals surface area contributed by atoms with Crippen LogP contribution in [-0.4, -0.2) is 23.5 Å². The first kappa shape index (κ1) is 19.3. The van der Waals surface area contributed by atoms with Gasteiger partial charge < -0.3 is 9.92 Å².